The first-order valence-corrected chi connectivity index (χ1v) is 12.7. The number of nitrogens with zero attached hydrogens (tertiary/aromatic N) is 6. The highest BCUT2D eigenvalue weighted by Crippen LogP contribution is 2.32. The number of carbonyl (C=O) groups is 2. The smallest absolute Gasteiger partial charge is 0.276 e. The zero-order chi connectivity index (χ0) is 25.6. The number of aryl methyl sites for hydroxylation is 2. The fourth-order valence-electron chi connectivity index (χ4n) is 4.46. The van der Waals surface area contributed by atoms with Crippen molar-refractivity contribution in [2.24, 2.45) is 0 Å². The fraction of sp³-hybridized carbons (Fsp3) is 0.360. The first-order valence-electron chi connectivity index (χ1n) is 11.8. The molecule has 2 N–H and O–H groups in total. The number of likely N-dealkylation sites (tertiary alicyclic amines) is 1. The maximum atomic E-state index is 13.2. The molecule has 5 rings (SSSR count). The van der Waals surface area contributed by atoms with Gasteiger partial charge in [-0.2, -0.15) is 5.10 Å². The molecule has 4 heterocycles. The van der Waals surface area contributed by atoms with Crippen molar-refractivity contribution in [3.05, 3.63) is 62.5 Å². The molecule has 0 unspecified atom stereocenters. The number of thiazole rings is 1. The van der Waals surface area contributed by atoms with E-state index in [1.165, 1.54) is 11.3 Å². The van der Waals surface area contributed by atoms with Crippen LogP contribution in [0.25, 0.3) is 5.65 Å². The predicted octanol–water partition coefficient (Wildman–Crippen LogP) is 3.79. The second-order valence-electron chi connectivity index (χ2n) is 9.16. The molecule has 0 aliphatic carbocycles. The van der Waals surface area contributed by atoms with Crippen LogP contribution >= 0.6 is 11.3 Å². The summed E-state index contributed by atoms with van der Waals surface area (Å²) in [5.74, 6) is -0.0453. The molecule has 0 radical (unpaired) electrons. The van der Waals surface area contributed by atoms with Crippen molar-refractivity contribution in [1.29, 1.82) is 0 Å². The van der Waals surface area contributed by atoms with E-state index >= 15 is 0 Å². The van der Waals surface area contributed by atoms with Crippen LogP contribution in [-0.2, 0) is 0 Å². The number of hydrogen-bond acceptors (Lipinski definition) is 8. The molecule has 2 amide bonds. The van der Waals surface area contributed by atoms with Gasteiger partial charge in [-0.15, -0.1) is 21.5 Å². The number of nitrogens with one attached hydrogen (secondary N) is 1. The van der Waals surface area contributed by atoms with Crippen molar-refractivity contribution >= 4 is 34.5 Å². The highest BCUT2D eigenvalue weighted by Gasteiger charge is 2.29. The number of hydrogen-bond donors (Lipinski definition) is 2. The summed E-state index contributed by atoms with van der Waals surface area (Å²) in [7, 11) is 0. The van der Waals surface area contributed by atoms with Crippen LogP contribution in [0.2, 0.25) is 0 Å². The minimum atomic E-state index is -0.281. The van der Waals surface area contributed by atoms with E-state index in [2.05, 4.69) is 25.6 Å². The Morgan fingerprint density at radius 2 is 1.83 bits per heavy atom. The summed E-state index contributed by atoms with van der Waals surface area (Å²) in [4.78, 5) is 32.3. The molecule has 0 atom stereocenters. The molecule has 10 nitrogen and oxygen atoms in total. The molecule has 36 heavy (non-hydrogen) atoms. The number of benzene rings is 1. The summed E-state index contributed by atoms with van der Waals surface area (Å²) in [5.41, 5.74) is 5.01. The molecular formula is C25H27N7O3S. The number of aromatic hydroxyl groups is 1. The van der Waals surface area contributed by atoms with E-state index in [4.69, 9.17) is 0 Å². The van der Waals surface area contributed by atoms with Crippen LogP contribution in [0.15, 0.2) is 23.6 Å². The SMILES string of the molecule is Cc1cc2nnc(C(=O)N3CCC(c4nc(C(=O)Nc5ccc(O)c(C)c5C)cs4)CC3)c(C)n2n1. The Kier molecular flexibility index (Phi) is 6.17. The lowest BCUT2D eigenvalue weighted by molar-refractivity contribution is 0.0704. The van der Waals surface area contributed by atoms with Crippen molar-refractivity contribution in [3.63, 3.8) is 0 Å². The minimum Gasteiger partial charge on any atom is -0.508 e. The standard InChI is InChI=1S/C25H27N7O3S/c1-13-11-21-28-29-22(16(4)32(21)30-13)25(35)31-9-7-17(8-10-31)24-27-19(12-36-24)23(34)26-18-5-6-20(33)15(3)14(18)2/h5-6,11-12,17,33H,7-10H2,1-4H3,(H,26,34). The van der Waals surface area contributed by atoms with Gasteiger partial charge in [0.25, 0.3) is 11.8 Å². The van der Waals surface area contributed by atoms with Crippen LogP contribution in [0.4, 0.5) is 5.69 Å². The van der Waals surface area contributed by atoms with Gasteiger partial charge in [-0.3, -0.25) is 9.59 Å². The molecule has 186 valence electrons. The number of carbonyl (C=O) groups excluding carboxylic acids is 2. The molecule has 1 saturated heterocycles. The minimum absolute atomic E-state index is 0.146. The van der Waals surface area contributed by atoms with Crippen molar-refractivity contribution < 1.29 is 14.7 Å². The molecule has 1 fully saturated rings. The van der Waals surface area contributed by atoms with E-state index in [-0.39, 0.29) is 23.5 Å². The lowest BCUT2D eigenvalue weighted by atomic mass is 9.97. The third-order valence-corrected chi connectivity index (χ3v) is 7.83. The van der Waals surface area contributed by atoms with Gasteiger partial charge in [0.05, 0.1) is 16.4 Å². The van der Waals surface area contributed by atoms with E-state index < -0.39 is 0 Å². The molecule has 3 aromatic heterocycles. The maximum absolute atomic E-state index is 13.2. The average molecular weight is 506 g/mol. The van der Waals surface area contributed by atoms with Crippen molar-refractivity contribution in [2.75, 3.05) is 18.4 Å². The highest BCUT2D eigenvalue weighted by molar-refractivity contribution is 7.10. The van der Waals surface area contributed by atoms with Crippen molar-refractivity contribution in [3.8, 4) is 5.75 Å². The van der Waals surface area contributed by atoms with Gasteiger partial charge in [0, 0.05) is 36.1 Å². The number of rotatable bonds is 4. The normalized spacial score (nSPS) is 14.4. The Labute approximate surface area is 212 Å². The molecule has 0 bridgehead atoms. The number of aromatic nitrogens is 5. The number of piperidine rings is 1. The summed E-state index contributed by atoms with van der Waals surface area (Å²) < 4.78 is 1.66. The van der Waals surface area contributed by atoms with Gasteiger partial charge in [0.15, 0.2) is 11.3 Å². The Hall–Kier alpha value is -3.86. The topological polar surface area (TPSA) is 126 Å². The van der Waals surface area contributed by atoms with E-state index in [0.717, 1.165) is 34.7 Å². The molecule has 11 heteroatoms. The van der Waals surface area contributed by atoms with Crippen LogP contribution in [0.3, 0.4) is 0 Å². The monoisotopic (exact) mass is 505 g/mol. The van der Waals surface area contributed by atoms with Gasteiger partial charge in [-0.25, -0.2) is 9.50 Å². The largest absolute Gasteiger partial charge is 0.508 e. The van der Waals surface area contributed by atoms with Crippen LogP contribution in [0, 0.1) is 27.7 Å². The van der Waals surface area contributed by atoms with Crippen molar-refractivity contribution in [1.82, 2.24) is 29.7 Å². The van der Waals surface area contributed by atoms with Crippen molar-refractivity contribution in [2.45, 2.75) is 46.5 Å². The quantitative estimate of drug-likeness (QED) is 0.404. The number of amides is 2. The molecule has 1 aliphatic rings. The molecule has 4 aromatic rings. The van der Waals surface area contributed by atoms with Crippen LogP contribution in [0.1, 0.15) is 67.3 Å². The summed E-state index contributed by atoms with van der Waals surface area (Å²) in [5, 5.41) is 28.1. The first kappa shape index (κ1) is 23.9. The number of phenolic OH excluding ortho intramolecular Hbond substituents is 1. The molecular weight excluding hydrogens is 478 g/mol. The summed E-state index contributed by atoms with van der Waals surface area (Å²) in [6.07, 6.45) is 1.51. The predicted molar refractivity (Wildman–Crippen MR) is 136 cm³/mol. The second-order valence-corrected chi connectivity index (χ2v) is 10.1. The van der Waals surface area contributed by atoms with E-state index in [0.29, 0.717) is 41.5 Å². The highest BCUT2D eigenvalue weighted by atomic mass is 32.1. The number of fused-ring (bicyclic) bond motifs is 1. The van der Waals surface area contributed by atoms with E-state index in [9.17, 15) is 14.7 Å². The molecule has 1 aliphatic heterocycles. The third kappa shape index (κ3) is 4.30. The van der Waals surface area contributed by atoms with E-state index in [1.54, 1.807) is 26.9 Å². The molecule has 0 spiro atoms. The summed E-state index contributed by atoms with van der Waals surface area (Å²) in [6.45, 7) is 8.53. The van der Waals surface area contributed by atoms with Crippen LogP contribution in [-0.4, -0.2) is 59.7 Å². The fourth-order valence-corrected chi connectivity index (χ4v) is 5.43. The lowest BCUT2D eigenvalue weighted by Crippen LogP contribution is -2.39. The lowest BCUT2D eigenvalue weighted by Gasteiger charge is -2.31. The number of anilines is 1. The summed E-state index contributed by atoms with van der Waals surface area (Å²) >= 11 is 1.47. The maximum Gasteiger partial charge on any atom is 0.276 e. The van der Waals surface area contributed by atoms with Gasteiger partial charge in [-0.05, 0) is 63.8 Å². The van der Waals surface area contributed by atoms with E-state index in [1.807, 2.05) is 33.8 Å². The Bertz CT molecular complexity index is 1480. The Balaban J connectivity index is 1.23. The molecule has 0 saturated carbocycles. The Morgan fingerprint density at radius 1 is 1.08 bits per heavy atom. The van der Waals surface area contributed by atoms with Crippen LogP contribution in [0.5, 0.6) is 5.75 Å². The molecule has 1 aromatic carbocycles. The summed E-state index contributed by atoms with van der Waals surface area (Å²) in [6, 6.07) is 5.09. The zero-order valence-corrected chi connectivity index (χ0v) is 21.4. The van der Waals surface area contributed by atoms with Gasteiger partial charge < -0.3 is 15.3 Å². The van der Waals surface area contributed by atoms with Gasteiger partial charge in [0.2, 0.25) is 0 Å². The van der Waals surface area contributed by atoms with Crippen LogP contribution < -0.4 is 5.32 Å². The third-order valence-electron chi connectivity index (χ3n) is 6.82. The van der Waals surface area contributed by atoms with Gasteiger partial charge >= 0.3 is 0 Å². The zero-order valence-electron chi connectivity index (χ0n) is 20.6. The average Bonchev–Trinajstić information content (AvgIpc) is 3.51. The first-order chi connectivity index (χ1) is 17.2. The number of phenols is 1. The second kappa shape index (κ2) is 9.30. The Morgan fingerprint density at radius 3 is 2.58 bits per heavy atom. The van der Waals surface area contributed by atoms with Gasteiger partial charge in [-0.1, -0.05) is 0 Å². The van der Waals surface area contributed by atoms with Gasteiger partial charge in [0.1, 0.15) is 11.4 Å².